The second-order valence-electron chi connectivity index (χ2n) is 4.87. The van der Waals surface area contributed by atoms with Crippen LogP contribution in [0.1, 0.15) is 35.7 Å². The molecule has 0 aliphatic carbocycles. The van der Waals surface area contributed by atoms with Gasteiger partial charge in [0.25, 0.3) is 16.0 Å². The van der Waals surface area contributed by atoms with Gasteiger partial charge in [0.15, 0.2) is 0 Å². The average Bonchev–Trinajstić information content (AvgIpc) is 2.43. The van der Waals surface area contributed by atoms with Crippen LogP contribution in [0, 0.1) is 0 Å². The fourth-order valence-corrected chi connectivity index (χ4v) is 2.60. The fourth-order valence-electron chi connectivity index (χ4n) is 1.95. The summed E-state index contributed by atoms with van der Waals surface area (Å²) in [6, 6.07) is 5.02. The molecular weight excluding hydrogens is 310 g/mol. The number of carbonyl (C=O) groups is 2. The van der Waals surface area contributed by atoms with Crippen LogP contribution in [-0.2, 0) is 21.3 Å². The Morgan fingerprint density at radius 3 is 2.45 bits per heavy atom. The maximum Gasteiger partial charge on any atom is 0.327 e. The Kier molecular flexibility index (Phi) is 6.51. The third kappa shape index (κ3) is 5.82. The first-order chi connectivity index (χ1) is 10.2. The summed E-state index contributed by atoms with van der Waals surface area (Å²) >= 11 is 0. The van der Waals surface area contributed by atoms with Crippen molar-refractivity contribution < 1.29 is 27.7 Å². The lowest BCUT2D eigenvalue weighted by Gasteiger charge is -2.15. The van der Waals surface area contributed by atoms with Gasteiger partial charge in [0.05, 0.1) is 0 Å². The van der Waals surface area contributed by atoms with Crippen molar-refractivity contribution in [2.24, 2.45) is 0 Å². The van der Waals surface area contributed by atoms with Gasteiger partial charge in [-0.1, -0.05) is 31.5 Å². The van der Waals surface area contributed by atoms with Gasteiger partial charge < -0.3 is 10.4 Å². The number of amides is 1. The number of hydrogen-bond donors (Lipinski definition) is 3. The highest BCUT2D eigenvalue weighted by atomic mass is 32.2. The molecule has 1 rings (SSSR count). The summed E-state index contributed by atoms with van der Waals surface area (Å²) in [6.45, 7) is 2.01. The fraction of sp³-hybridized carbons (Fsp3) is 0.429. The number of rotatable bonds is 8. The number of unbranched alkanes of at least 4 members (excludes halogenated alkanes) is 1. The SMILES string of the molecule is CCCCc1ccccc1C(=O)NC(CS(=O)(=O)O)C(=O)O. The minimum absolute atomic E-state index is 0.303. The molecule has 7 nitrogen and oxygen atoms in total. The molecule has 0 saturated carbocycles. The minimum atomic E-state index is -4.52. The van der Waals surface area contributed by atoms with Gasteiger partial charge in [-0.05, 0) is 24.5 Å². The summed E-state index contributed by atoms with van der Waals surface area (Å²) in [6.07, 6.45) is 2.48. The quantitative estimate of drug-likeness (QED) is 0.614. The van der Waals surface area contributed by atoms with Gasteiger partial charge in [-0.2, -0.15) is 8.42 Å². The van der Waals surface area contributed by atoms with Crippen LogP contribution >= 0.6 is 0 Å². The molecule has 0 radical (unpaired) electrons. The smallest absolute Gasteiger partial charge is 0.327 e. The molecule has 8 heteroatoms. The lowest BCUT2D eigenvalue weighted by Crippen LogP contribution is -2.45. The maximum absolute atomic E-state index is 12.2. The summed E-state index contributed by atoms with van der Waals surface area (Å²) in [5.74, 6) is -3.29. The number of nitrogens with one attached hydrogen (secondary N) is 1. The first-order valence-corrected chi connectivity index (χ1v) is 8.42. The zero-order chi connectivity index (χ0) is 16.8. The van der Waals surface area contributed by atoms with Crippen molar-refractivity contribution in [2.75, 3.05) is 5.75 Å². The maximum atomic E-state index is 12.2. The van der Waals surface area contributed by atoms with E-state index in [1.807, 2.05) is 6.92 Å². The number of carbonyl (C=O) groups excluding carboxylic acids is 1. The number of aryl methyl sites for hydroxylation is 1. The molecule has 0 bridgehead atoms. The van der Waals surface area contributed by atoms with E-state index in [0.717, 1.165) is 18.4 Å². The lowest BCUT2D eigenvalue weighted by molar-refractivity contribution is -0.138. The Labute approximate surface area is 129 Å². The summed E-state index contributed by atoms with van der Waals surface area (Å²) in [4.78, 5) is 23.2. The van der Waals surface area contributed by atoms with Gasteiger partial charge in [-0.25, -0.2) is 4.79 Å². The van der Waals surface area contributed by atoms with E-state index in [1.54, 1.807) is 24.3 Å². The van der Waals surface area contributed by atoms with Crippen molar-refractivity contribution in [3.8, 4) is 0 Å². The van der Waals surface area contributed by atoms with Crippen molar-refractivity contribution in [2.45, 2.75) is 32.2 Å². The molecule has 0 saturated heterocycles. The molecular formula is C14H19NO6S. The topological polar surface area (TPSA) is 121 Å². The Morgan fingerprint density at radius 2 is 1.91 bits per heavy atom. The van der Waals surface area contributed by atoms with Crippen molar-refractivity contribution in [3.63, 3.8) is 0 Å². The molecule has 0 aliphatic heterocycles. The van der Waals surface area contributed by atoms with E-state index >= 15 is 0 Å². The van der Waals surface area contributed by atoms with Crippen molar-refractivity contribution in [1.82, 2.24) is 5.32 Å². The summed E-state index contributed by atoms with van der Waals surface area (Å²) in [5.41, 5.74) is 1.07. The van der Waals surface area contributed by atoms with Crippen LogP contribution in [0.5, 0.6) is 0 Å². The second kappa shape index (κ2) is 7.90. The molecule has 0 fully saturated rings. The van der Waals surface area contributed by atoms with Crippen molar-refractivity contribution in [3.05, 3.63) is 35.4 Å². The lowest BCUT2D eigenvalue weighted by atomic mass is 10.0. The van der Waals surface area contributed by atoms with Gasteiger partial charge >= 0.3 is 5.97 Å². The van der Waals surface area contributed by atoms with E-state index in [-0.39, 0.29) is 0 Å². The molecule has 0 spiro atoms. The predicted octanol–water partition coefficient (Wildman–Crippen LogP) is 1.10. The number of hydrogen-bond acceptors (Lipinski definition) is 4. The van der Waals surface area contributed by atoms with E-state index in [0.29, 0.717) is 12.0 Å². The molecule has 0 aliphatic rings. The average molecular weight is 329 g/mol. The van der Waals surface area contributed by atoms with Crippen molar-refractivity contribution >= 4 is 22.0 Å². The molecule has 1 unspecified atom stereocenters. The Morgan fingerprint density at radius 1 is 1.27 bits per heavy atom. The van der Waals surface area contributed by atoms with E-state index in [1.165, 1.54) is 0 Å². The highest BCUT2D eigenvalue weighted by Crippen LogP contribution is 2.12. The van der Waals surface area contributed by atoms with Crippen LogP contribution in [0.2, 0.25) is 0 Å². The molecule has 1 aromatic carbocycles. The molecule has 3 N–H and O–H groups in total. The molecule has 22 heavy (non-hydrogen) atoms. The zero-order valence-corrected chi connectivity index (χ0v) is 13.0. The Balaban J connectivity index is 2.93. The number of benzene rings is 1. The molecule has 1 aromatic rings. The number of carboxylic acids is 1. The molecule has 122 valence electrons. The predicted molar refractivity (Wildman–Crippen MR) is 80.4 cm³/mol. The highest BCUT2D eigenvalue weighted by molar-refractivity contribution is 7.85. The number of aliphatic carboxylic acids is 1. The summed E-state index contributed by atoms with van der Waals surface area (Å²) < 4.78 is 30.4. The van der Waals surface area contributed by atoms with Crippen LogP contribution in [0.25, 0.3) is 0 Å². The first-order valence-electron chi connectivity index (χ1n) is 6.81. The molecule has 1 atom stereocenters. The first kappa shape index (κ1) is 18.1. The molecule has 0 aromatic heterocycles. The monoisotopic (exact) mass is 329 g/mol. The van der Waals surface area contributed by atoms with Crippen LogP contribution < -0.4 is 5.32 Å². The van der Waals surface area contributed by atoms with E-state index in [4.69, 9.17) is 9.66 Å². The van der Waals surface area contributed by atoms with Crippen LogP contribution in [0.3, 0.4) is 0 Å². The van der Waals surface area contributed by atoms with Crippen LogP contribution in [0.4, 0.5) is 0 Å². The standard InChI is InChI=1S/C14H19NO6S/c1-2-3-6-10-7-4-5-8-11(10)13(16)15-12(14(17)18)9-22(19,20)21/h4-5,7-8,12H,2-3,6,9H2,1H3,(H,15,16)(H,17,18)(H,19,20,21). The van der Waals surface area contributed by atoms with E-state index < -0.39 is 33.8 Å². The summed E-state index contributed by atoms with van der Waals surface area (Å²) in [5, 5.41) is 11.1. The highest BCUT2D eigenvalue weighted by Gasteiger charge is 2.26. The van der Waals surface area contributed by atoms with Crippen LogP contribution in [-0.4, -0.2) is 41.7 Å². The summed E-state index contributed by atoms with van der Waals surface area (Å²) in [7, 11) is -4.52. The second-order valence-corrected chi connectivity index (χ2v) is 6.37. The van der Waals surface area contributed by atoms with Crippen molar-refractivity contribution in [1.29, 1.82) is 0 Å². The van der Waals surface area contributed by atoms with E-state index in [9.17, 15) is 18.0 Å². The minimum Gasteiger partial charge on any atom is -0.480 e. The largest absolute Gasteiger partial charge is 0.480 e. The normalized spacial score (nSPS) is 12.6. The number of carboxylic acid groups (broad SMARTS) is 1. The van der Waals surface area contributed by atoms with E-state index in [2.05, 4.69) is 5.32 Å². The van der Waals surface area contributed by atoms with Gasteiger partial charge in [-0.15, -0.1) is 0 Å². The Hall–Kier alpha value is -1.93. The van der Waals surface area contributed by atoms with Gasteiger partial charge in [0.1, 0.15) is 11.8 Å². The zero-order valence-electron chi connectivity index (χ0n) is 12.2. The third-order valence-corrected chi connectivity index (χ3v) is 3.80. The third-order valence-electron chi connectivity index (χ3n) is 3.04. The van der Waals surface area contributed by atoms with Crippen LogP contribution in [0.15, 0.2) is 24.3 Å². The van der Waals surface area contributed by atoms with Gasteiger partial charge in [0, 0.05) is 5.56 Å². The van der Waals surface area contributed by atoms with Gasteiger partial charge in [0.2, 0.25) is 0 Å². The Bertz CT molecular complexity index is 640. The van der Waals surface area contributed by atoms with Gasteiger partial charge in [-0.3, -0.25) is 9.35 Å². The molecule has 1 amide bonds. The molecule has 0 heterocycles.